The summed E-state index contributed by atoms with van der Waals surface area (Å²) in [6.45, 7) is 3.22. The van der Waals surface area contributed by atoms with Crippen LogP contribution in [0, 0.1) is 6.92 Å². The molecule has 0 amide bonds. The molecule has 0 spiro atoms. The van der Waals surface area contributed by atoms with Crippen molar-refractivity contribution in [1.82, 2.24) is 9.78 Å². The highest BCUT2D eigenvalue weighted by Gasteiger charge is 2.06. The Morgan fingerprint density at radius 2 is 1.95 bits per heavy atom. The van der Waals surface area contributed by atoms with Crippen molar-refractivity contribution in [3.8, 4) is 11.5 Å². The topological polar surface area (TPSA) is 53.1 Å². The first-order valence-electron chi connectivity index (χ1n) is 7.28. The zero-order valence-electron chi connectivity index (χ0n) is 12.6. The van der Waals surface area contributed by atoms with Gasteiger partial charge < -0.3 is 10.5 Å². The summed E-state index contributed by atoms with van der Waals surface area (Å²) in [6.07, 6.45) is 3.62. The molecule has 0 fully saturated rings. The second-order valence-electron chi connectivity index (χ2n) is 5.28. The van der Waals surface area contributed by atoms with E-state index >= 15 is 0 Å². The van der Waals surface area contributed by atoms with Crippen LogP contribution in [0.2, 0.25) is 0 Å². The monoisotopic (exact) mass is 293 g/mol. The van der Waals surface area contributed by atoms with Gasteiger partial charge in [-0.05, 0) is 18.6 Å². The van der Waals surface area contributed by atoms with Crippen molar-refractivity contribution in [3.05, 3.63) is 77.6 Å². The van der Waals surface area contributed by atoms with Gasteiger partial charge in [0.1, 0.15) is 5.75 Å². The quantitative estimate of drug-likeness (QED) is 0.783. The van der Waals surface area contributed by atoms with Crippen molar-refractivity contribution in [2.75, 3.05) is 0 Å². The second kappa shape index (κ2) is 6.45. The Morgan fingerprint density at radius 1 is 1.14 bits per heavy atom. The van der Waals surface area contributed by atoms with Crippen LogP contribution in [0.3, 0.4) is 0 Å². The molecule has 0 saturated heterocycles. The first-order valence-corrected chi connectivity index (χ1v) is 7.28. The summed E-state index contributed by atoms with van der Waals surface area (Å²) in [5, 5.41) is 4.34. The van der Waals surface area contributed by atoms with Crippen LogP contribution < -0.4 is 10.5 Å². The molecule has 3 rings (SSSR count). The summed E-state index contributed by atoms with van der Waals surface area (Å²) in [7, 11) is 0. The van der Waals surface area contributed by atoms with E-state index in [9.17, 15) is 0 Å². The number of rotatable bonds is 5. The van der Waals surface area contributed by atoms with Crippen molar-refractivity contribution in [1.29, 1.82) is 0 Å². The standard InChI is InChI=1S/C18H19N3O/c1-14-7-8-18(16(9-14)10-19)22-17-11-20-21(13-17)12-15-5-3-2-4-6-15/h2-9,11,13H,10,12,19H2,1H3. The summed E-state index contributed by atoms with van der Waals surface area (Å²) in [4.78, 5) is 0. The van der Waals surface area contributed by atoms with E-state index in [-0.39, 0.29) is 0 Å². The van der Waals surface area contributed by atoms with Gasteiger partial charge in [-0.15, -0.1) is 0 Å². The SMILES string of the molecule is Cc1ccc(Oc2cnn(Cc3ccccc3)c2)c(CN)c1. The number of aryl methyl sites for hydroxylation is 1. The van der Waals surface area contributed by atoms with Gasteiger partial charge in [0.15, 0.2) is 5.75 Å². The van der Waals surface area contributed by atoms with Crippen LogP contribution >= 0.6 is 0 Å². The zero-order chi connectivity index (χ0) is 15.4. The van der Waals surface area contributed by atoms with Crippen molar-refractivity contribution in [2.24, 2.45) is 5.73 Å². The molecule has 0 aliphatic rings. The van der Waals surface area contributed by atoms with Gasteiger partial charge >= 0.3 is 0 Å². The molecule has 112 valence electrons. The molecule has 0 saturated carbocycles. The fourth-order valence-corrected chi connectivity index (χ4v) is 2.35. The summed E-state index contributed by atoms with van der Waals surface area (Å²) < 4.78 is 7.77. The van der Waals surface area contributed by atoms with Crippen molar-refractivity contribution in [2.45, 2.75) is 20.0 Å². The summed E-state index contributed by atoms with van der Waals surface area (Å²) in [6, 6.07) is 16.2. The average Bonchev–Trinajstić information content (AvgIpc) is 2.97. The highest BCUT2D eigenvalue weighted by atomic mass is 16.5. The molecule has 2 N–H and O–H groups in total. The molecule has 0 atom stereocenters. The molecule has 3 aromatic rings. The smallest absolute Gasteiger partial charge is 0.165 e. The lowest BCUT2D eigenvalue weighted by molar-refractivity contribution is 0.475. The molecule has 4 heteroatoms. The van der Waals surface area contributed by atoms with Gasteiger partial charge in [0.25, 0.3) is 0 Å². The molecule has 0 radical (unpaired) electrons. The first kappa shape index (κ1) is 14.4. The lowest BCUT2D eigenvalue weighted by Gasteiger charge is -2.09. The van der Waals surface area contributed by atoms with Gasteiger partial charge in [0.2, 0.25) is 0 Å². The minimum Gasteiger partial charge on any atom is -0.454 e. The Labute approximate surface area is 130 Å². The summed E-state index contributed by atoms with van der Waals surface area (Å²) >= 11 is 0. The van der Waals surface area contributed by atoms with Gasteiger partial charge in [0, 0.05) is 12.1 Å². The number of benzene rings is 2. The van der Waals surface area contributed by atoms with E-state index < -0.39 is 0 Å². The van der Waals surface area contributed by atoms with Gasteiger partial charge in [-0.2, -0.15) is 5.10 Å². The average molecular weight is 293 g/mol. The highest BCUT2D eigenvalue weighted by Crippen LogP contribution is 2.25. The molecule has 0 unspecified atom stereocenters. The Bertz CT molecular complexity index is 750. The third kappa shape index (κ3) is 3.35. The lowest BCUT2D eigenvalue weighted by Crippen LogP contribution is -2.00. The van der Waals surface area contributed by atoms with E-state index in [1.807, 2.05) is 54.2 Å². The third-order valence-electron chi connectivity index (χ3n) is 3.46. The Kier molecular flexibility index (Phi) is 4.21. The van der Waals surface area contributed by atoms with E-state index in [4.69, 9.17) is 10.5 Å². The fraction of sp³-hybridized carbons (Fsp3) is 0.167. The fourth-order valence-electron chi connectivity index (χ4n) is 2.35. The van der Waals surface area contributed by atoms with Gasteiger partial charge in [-0.25, -0.2) is 0 Å². The molecule has 0 aliphatic heterocycles. The molecule has 0 aliphatic carbocycles. The maximum absolute atomic E-state index is 5.91. The molecule has 1 aromatic heterocycles. The zero-order valence-corrected chi connectivity index (χ0v) is 12.6. The summed E-state index contributed by atoms with van der Waals surface area (Å²) in [5.41, 5.74) is 9.15. The third-order valence-corrected chi connectivity index (χ3v) is 3.46. The predicted molar refractivity (Wildman–Crippen MR) is 86.9 cm³/mol. The van der Waals surface area contributed by atoms with Crippen LogP contribution in [-0.2, 0) is 13.1 Å². The maximum atomic E-state index is 5.91. The number of ether oxygens (including phenoxy) is 1. The molecule has 4 nitrogen and oxygen atoms in total. The lowest BCUT2D eigenvalue weighted by atomic mass is 10.1. The Balaban J connectivity index is 1.74. The minimum atomic E-state index is 0.454. The normalized spacial score (nSPS) is 10.6. The van der Waals surface area contributed by atoms with Crippen LogP contribution in [0.5, 0.6) is 11.5 Å². The van der Waals surface area contributed by atoms with Crippen molar-refractivity contribution >= 4 is 0 Å². The van der Waals surface area contributed by atoms with Crippen LogP contribution in [0.4, 0.5) is 0 Å². The Morgan fingerprint density at radius 3 is 2.73 bits per heavy atom. The molecule has 0 bridgehead atoms. The second-order valence-corrected chi connectivity index (χ2v) is 5.28. The van der Waals surface area contributed by atoms with E-state index in [0.29, 0.717) is 6.54 Å². The number of hydrogen-bond acceptors (Lipinski definition) is 3. The van der Waals surface area contributed by atoms with Crippen LogP contribution in [0.25, 0.3) is 0 Å². The minimum absolute atomic E-state index is 0.454. The van der Waals surface area contributed by atoms with Gasteiger partial charge in [0.05, 0.1) is 18.9 Å². The van der Waals surface area contributed by atoms with Gasteiger partial charge in [-0.1, -0.05) is 48.0 Å². The Hall–Kier alpha value is -2.59. The van der Waals surface area contributed by atoms with E-state index in [2.05, 4.69) is 17.2 Å². The number of aromatic nitrogens is 2. The molecular formula is C18H19N3O. The van der Waals surface area contributed by atoms with Crippen LogP contribution in [0.1, 0.15) is 16.7 Å². The molecule has 2 aromatic carbocycles. The molecule has 22 heavy (non-hydrogen) atoms. The van der Waals surface area contributed by atoms with E-state index in [0.717, 1.165) is 23.6 Å². The maximum Gasteiger partial charge on any atom is 0.165 e. The van der Waals surface area contributed by atoms with Crippen molar-refractivity contribution in [3.63, 3.8) is 0 Å². The van der Waals surface area contributed by atoms with Crippen molar-refractivity contribution < 1.29 is 4.74 Å². The number of nitrogens with two attached hydrogens (primary N) is 1. The van der Waals surface area contributed by atoms with Gasteiger partial charge in [-0.3, -0.25) is 4.68 Å². The largest absolute Gasteiger partial charge is 0.454 e. The van der Waals surface area contributed by atoms with E-state index in [1.165, 1.54) is 11.1 Å². The molecule has 1 heterocycles. The number of nitrogens with zero attached hydrogens (tertiary/aromatic N) is 2. The highest BCUT2D eigenvalue weighted by molar-refractivity contribution is 5.39. The first-order chi connectivity index (χ1) is 10.7. The number of hydrogen-bond donors (Lipinski definition) is 1. The van der Waals surface area contributed by atoms with Crippen LogP contribution in [-0.4, -0.2) is 9.78 Å². The predicted octanol–water partition coefficient (Wildman–Crippen LogP) is 3.49. The van der Waals surface area contributed by atoms with Crippen LogP contribution in [0.15, 0.2) is 60.9 Å². The van der Waals surface area contributed by atoms with E-state index in [1.54, 1.807) is 6.20 Å². The summed E-state index contributed by atoms with van der Waals surface area (Å²) in [5.74, 6) is 1.50. The molecular weight excluding hydrogens is 274 g/mol.